The van der Waals surface area contributed by atoms with Gasteiger partial charge in [0.25, 0.3) is 0 Å². The van der Waals surface area contributed by atoms with Gasteiger partial charge in [-0.25, -0.2) is 4.79 Å². The van der Waals surface area contributed by atoms with E-state index in [0.717, 1.165) is 39.3 Å². The third-order valence-electron chi connectivity index (χ3n) is 2.85. The lowest BCUT2D eigenvalue weighted by Crippen LogP contribution is -2.60. The molecule has 1 fully saturated rings. The van der Waals surface area contributed by atoms with Gasteiger partial charge in [0.05, 0.1) is 6.61 Å². The molecule has 1 aliphatic rings. The number of carbonyl (C=O) groups excluding carboxylic acids is 1. The SMILES string of the molecule is CCCCOCCNC1CN(C(=O)OC(C)(C)C)C1. The normalized spacial score (nSPS) is 16.3. The van der Waals surface area contributed by atoms with Crippen LogP contribution in [0.4, 0.5) is 4.79 Å². The van der Waals surface area contributed by atoms with E-state index in [0.29, 0.717) is 6.04 Å². The largest absolute Gasteiger partial charge is 0.444 e. The monoisotopic (exact) mass is 272 g/mol. The zero-order valence-corrected chi connectivity index (χ0v) is 12.7. The van der Waals surface area contributed by atoms with Crippen molar-refractivity contribution in [3.63, 3.8) is 0 Å². The van der Waals surface area contributed by atoms with Crippen molar-refractivity contribution >= 4 is 6.09 Å². The summed E-state index contributed by atoms with van der Waals surface area (Å²) in [7, 11) is 0. The number of ether oxygens (including phenoxy) is 2. The van der Waals surface area contributed by atoms with Crippen LogP contribution in [0.15, 0.2) is 0 Å². The Bertz CT molecular complexity index is 270. The molecule has 1 aliphatic heterocycles. The zero-order chi connectivity index (χ0) is 14.3. The van der Waals surface area contributed by atoms with Gasteiger partial charge < -0.3 is 19.7 Å². The van der Waals surface area contributed by atoms with E-state index in [1.807, 2.05) is 20.8 Å². The van der Waals surface area contributed by atoms with E-state index < -0.39 is 5.60 Å². The number of likely N-dealkylation sites (tertiary alicyclic amines) is 1. The van der Waals surface area contributed by atoms with Gasteiger partial charge in [0.2, 0.25) is 0 Å². The highest BCUT2D eigenvalue weighted by Gasteiger charge is 2.33. The fourth-order valence-electron chi connectivity index (χ4n) is 1.77. The minimum Gasteiger partial charge on any atom is -0.444 e. The van der Waals surface area contributed by atoms with Gasteiger partial charge in [-0.2, -0.15) is 0 Å². The smallest absolute Gasteiger partial charge is 0.410 e. The number of nitrogens with zero attached hydrogens (tertiary/aromatic N) is 1. The zero-order valence-electron chi connectivity index (χ0n) is 12.7. The van der Waals surface area contributed by atoms with Crippen LogP contribution >= 0.6 is 0 Å². The highest BCUT2D eigenvalue weighted by Crippen LogP contribution is 2.14. The minimum atomic E-state index is -0.414. The van der Waals surface area contributed by atoms with Crippen LogP contribution in [0.3, 0.4) is 0 Å². The first-order chi connectivity index (χ1) is 8.92. The van der Waals surface area contributed by atoms with E-state index in [9.17, 15) is 4.79 Å². The number of carbonyl (C=O) groups is 1. The summed E-state index contributed by atoms with van der Waals surface area (Å²) in [4.78, 5) is 13.4. The summed E-state index contributed by atoms with van der Waals surface area (Å²) in [6, 6.07) is 0.377. The summed E-state index contributed by atoms with van der Waals surface area (Å²) in [5.41, 5.74) is -0.414. The summed E-state index contributed by atoms with van der Waals surface area (Å²) in [5, 5.41) is 3.37. The number of unbranched alkanes of at least 4 members (excludes halogenated alkanes) is 1. The molecule has 0 aliphatic carbocycles. The van der Waals surface area contributed by atoms with E-state index in [4.69, 9.17) is 9.47 Å². The standard InChI is InChI=1S/C14H28N2O3/c1-5-6-8-18-9-7-15-12-10-16(11-12)13(17)19-14(2,3)4/h12,15H,5-11H2,1-4H3. The van der Waals surface area contributed by atoms with Crippen LogP contribution in [-0.2, 0) is 9.47 Å². The van der Waals surface area contributed by atoms with Crippen molar-refractivity contribution in [2.24, 2.45) is 0 Å². The Morgan fingerprint density at radius 3 is 2.58 bits per heavy atom. The van der Waals surface area contributed by atoms with E-state index in [1.165, 1.54) is 6.42 Å². The predicted octanol–water partition coefficient (Wildman–Crippen LogP) is 2.01. The average molecular weight is 272 g/mol. The van der Waals surface area contributed by atoms with Crippen LogP contribution in [0, 0.1) is 0 Å². The van der Waals surface area contributed by atoms with Crippen LogP contribution in [-0.4, -0.2) is 55.5 Å². The molecule has 0 unspecified atom stereocenters. The molecule has 0 spiro atoms. The fourth-order valence-corrected chi connectivity index (χ4v) is 1.77. The molecule has 1 amide bonds. The van der Waals surface area contributed by atoms with Crippen LogP contribution < -0.4 is 5.32 Å². The van der Waals surface area contributed by atoms with Crippen LogP contribution in [0.1, 0.15) is 40.5 Å². The van der Waals surface area contributed by atoms with Gasteiger partial charge in [0, 0.05) is 32.3 Å². The van der Waals surface area contributed by atoms with Crippen LogP contribution in [0.25, 0.3) is 0 Å². The second-order valence-electron chi connectivity index (χ2n) is 6.00. The van der Waals surface area contributed by atoms with Crippen molar-refractivity contribution < 1.29 is 14.3 Å². The van der Waals surface area contributed by atoms with Gasteiger partial charge in [-0.05, 0) is 27.2 Å². The molecular formula is C14H28N2O3. The molecule has 1 N–H and O–H groups in total. The minimum absolute atomic E-state index is 0.218. The van der Waals surface area contributed by atoms with E-state index in [-0.39, 0.29) is 6.09 Å². The average Bonchev–Trinajstić information content (AvgIpc) is 2.22. The van der Waals surface area contributed by atoms with Crippen LogP contribution in [0.2, 0.25) is 0 Å². The Labute approximate surface area is 116 Å². The summed E-state index contributed by atoms with van der Waals surface area (Å²) < 4.78 is 10.8. The van der Waals surface area contributed by atoms with Gasteiger partial charge in [-0.3, -0.25) is 0 Å². The molecule has 19 heavy (non-hydrogen) atoms. The second kappa shape index (κ2) is 7.70. The molecule has 0 saturated carbocycles. The number of rotatable bonds is 7. The summed E-state index contributed by atoms with van der Waals surface area (Å²) in [6.45, 7) is 11.7. The maximum Gasteiger partial charge on any atom is 0.410 e. The molecular weight excluding hydrogens is 244 g/mol. The molecule has 0 atom stereocenters. The predicted molar refractivity (Wildman–Crippen MR) is 75.3 cm³/mol. The van der Waals surface area contributed by atoms with E-state index >= 15 is 0 Å². The Balaban J connectivity index is 1.99. The number of nitrogens with one attached hydrogen (secondary N) is 1. The Morgan fingerprint density at radius 2 is 2.00 bits per heavy atom. The number of hydrogen-bond acceptors (Lipinski definition) is 4. The molecule has 0 bridgehead atoms. The maximum absolute atomic E-state index is 11.7. The molecule has 112 valence electrons. The number of hydrogen-bond donors (Lipinski definition) is 1. The lowest BCUT2D eigenvalue weighted by molar-refractivity contribution is 0.00456. The highest BCUT2D eigenvalue weighted by atomic mass is 16.6. The molecule has 0 aromatic carbocycles. The lowest BCUT2D eigenvalue weighted by atomic mass is 10.1. The first-order valence-electron chi connectivity index (χ1n) is 7.21. The molecule has 0 radical (unpaired) electrons. The van der Waals surface area contributed by atoms with Crippen molar-refractivity contribution in [1.82, 2.24) is 10.2 Å². The molecule has 1 saturated heterocycles. The summed E-state index contributed by atoms with van der Waals surface area (Å²) >= 11 is 0. The van der Waals surface area contributed by atoms with Crippen LogP contribution in [0.5, 0.6) is 0 Å². The van der Waals surface area contributed by atoms with Gasteiger partial charge in [0.15, 0.2) is 0 Å². The Kier molecular flexibility index (Phi) is 6.58. The quantitative estimate of drug-likeness (QED) is 0.720. The van der Waals surface area contributed by atoms with Crippen molar-refractivity contribution in [3.05, 3.63) is 0 Å². The third kappa shape index (κ3) is 6.78. The number of amides is 1. The first kappa shape index (κ1) is 16.2. The second-order valence-corrected chi connectivity index (χ2v) is 6.00. The Hall–Kier alpha value is -0.810. The molecule has 1 heterocycles. The Morgan fingerprint density at radius 1 is 1.32 bits per heavy atom. The topological polar surface area (TPSA) is 50.8 Å². The molecule has 5 nitrogen and oxygen atoms in total. The molecule has 1 rings (SSSR count). The van der Waals surface area contributed by atoms with Crippen molar-refractivity contribution in [2.45, 2.75) is 52.2 Å². The summed E-state index contributed by atoms with van der Waals surface area (Å²) in [6.07, 6.45) is 2.07. The van der Waals surface area contributed by atoms with Gasteiger partial charge in [0.1, 0.15) is 5.60 Å². The third-order valence-corrected chi connectivity index (χ3v) is 2.85. The van der Waals surface area contributed by atoms with E-state index in [1.54, 1.807) is 4.90 Å². The molecule has 5 heteroatoms. The molecule has 0 aromatic rings. The fraction of sp³-hybridized carbons (Fsp3) is 0.929. The van der Waals surface area contributed by atoms with Gasteiger partial charge in [-0.1, -0.05) is 13.3 Å². The van der Waals surface area contributed by atoms with Crippen molar-refractivity contribution in [2.75, 3.05) is 32.8 Å². The van der Waals surface area contributed by atoms with Crippen molar-refractivity contribution in [1.29, 1.82) is 0 Å². The first-order valence-corrected chi connectivity index (χ1v) is 7.21. The maximum atomic E-state index is 11.7. The summed E-state index contributed by atoms with van der Waals surface area (Å²) in [5.74, 6) is 0. The van der Waals surface area contributed by atoms with Gasteiger partial charge >= 0.3 is 6.09 Å². The highest BCUT2D eigenvalue weighted by molar-refractivity contribution is 5.69. The van der Waals surface area contributed by atoms with Gasteiger partial charge in [-0.15, -0.1) is 0 Å². The van der Waals surface area contributed by atoms with E-state index in [2.05, 4.69) is 12.2 Å². The molecule has 0 aromatic heterocycles. The van der Waals surface area contributed by atoms with Crippen molar-refractivity contribution in [3.8, 4) is 0 Å². The lowest BCUT2D eigenvalue weighted by Gasteiger charge is -2.40.